The Kier molecular flexibility index (Phi) is 5.20. The van der Waals surface area contributed by atoms with Crippen LogP contribution in [0.25, 0.3) is 0 Å². The topological polar surface area (TPSA) is 80.9 Å². The second-order valence-corrected chi connectivity index (χ2v) is 6.31. The van der Waals surface area contributed by atoms with Crippen molar-refractivity contribution in [1.29, 1.82) is 5.26 Å². The van der Waals surface area contributed by atoms with Crippen LogP contribution in [0.1, 0.15) is 27.7 Å². The molecule has 0 amide bonds. The highest BCUT2D eigenvalue weighted by atomic mass is 16.7. The van der Waals surface area contributed by atoms with E-state index in [1.165, 1.54) is 0 Å². The van der Waals surface area contributed by atoms with Crippen LogP contribution in [0.3, 0.4) is 0 Å². The summed E-state index contributed by atoms with van der Waals surface area (Å²) in [4.78, 5) is 0. The largest absolute Gasteiger partial charge is 0.494 e. The maximum absolute atomic E-state index is 8.88. The standard InChI is InChI=1S/C16H22BNO5/c1-15(2)16(3,4)23-17(22-15)12-5-6-13(21-10-8-19)14(11-12)20-9-7-18/h5-6,11,19H,8-10H2,1-4H3. The molecule has 1 fully saturated rings. The average Bonchev–Trinajstić information content (AvgIpc) is 2.71. The molecular formula is C16H22BNO5. The number of hydrogen-bond donors (Lipinski definition) is 1. The second-order valence-electron chi connectivity index (χ2n) is 6.31. The lowest BCUT2D eigenvalue weighted by atomic mass is 9.79. The van der Waals surface area contributed by atoms with Gasteiger partial charge in [0.15, 0.2) is 18.1 Å². The molecule has 1 saturated heterocycles. The highest BCUT2D eigenvalue weighted by Gasteiger charge is 2.51. The zero-order valence-corrected chi connectivity index (χ0v) is 14.0. The fourth-order valence-corrected chi connectivity index (χ4v) is 2.15. The first kappa shape index (κ1) is 17.6. The lowest BCUT2D eigenvalue weighted by Gasteiger charge is -2.32. The molecule has 0 spiro atoms. The summed E-state index contributed by atoms with van der Waals surface area (Å²) in [5.41, 5.74) is -0.0811. The van der Waals surface area contributed by atoms with Gasteiger partial charge in [-0.25, -0.2) is 0 Å². The molecule has 0 aromatic heterocycles. The number of rotatable bonds is 6. The van der Waals surface area contributed by atoms with Crippen molar-refractivity contribution in [2.75, 3.05) is 19.8 Å². The molecule has 6 nitrogen and oxygen atoms in total. The van der Waals surface area contributed by atoms with Crippen molar-refractivity contribution in [2.45, 2.75) is 38.9 Å². The van der Waals surface area contributed by atoms with Gasteiger partial charge in [0.05, 0.1) is 17.8 Å². The van der Waals surface area contributed by atoms with Crippen molar-refractivity contribution in [1.82, 2.24) is 0 Å². The Morgan fingerprint density at radius 3 is 2.35 bits per heavy atom. The van der Waals surface area contributed by atoms with E-state index in [1.807, 2.05) is 39.8 Å². The minimum atomic E-state index is -0.517. The summed E-state index contributed by atoms with van der Waals surface area (Å²) in [7, 11) is -0.517. The van der Waals surface area contributed by atoms with E-state index >= 15 is 0 Å². The molecule has 0 atom stereocenters. The molecule has 1 aliphatic rings. The summed E-state index contributed by atoms with van der Waals surface area (Å²) < 4.78 is 22.8. The molecule has 0 saturated carbocycles. The first-order chi connectivity index (χ1) is 10.8. The third-order valence-electron chi connectivity index (χ3n) is 4.13. The van der Waals surface area contributed by atoms with E-state index in [1.54, 1.807) is 12.1 Å². The Hall–Kier alpha value is -1.75. The highest BCUT2D eigenvalue weighted by Crippen LogP contribution is 2.37. The molecule has 1 heterocycles. The predicted molar refractivity (Wildman–Crippen MR) is 85.8 cm³/mol. The van der Waals surface area contributed by atoms with Crippen molar-refractivity contribution < 1.29 is 23.9 Å². The van der Waals surface area contributed by atoms with Crippen molar-refractivity contribution in [3.05, 3.63) is 18.2 Å². The van der Waals surface area contributed by atoms with Crippen LogP contribution >= 0.6 is 0 Å². The molecule has 23 heavy (non-hydrogen) atoms. The number of ether oxygens (including phenoxy) is 2. The summed E-state index contributed by atoms with van der Waals surface area (Å²) in [5, 5.41) is 17.6. The third-order valence-corrected chi connectivity index (χ3v) is 4.13. The molecule has 7 heteroatoms. The van der Waals surface area contributed by atoms with Gasteiger partial charge in [-0.05, 0) is 45.3 Å². The molecule has 0 bridgehead atoms. The molecule has 0 aliphatic carbocycles. The van der Waals surface area contributed by atoms with Gasteiger partial charge < -0.3 is 23.9 Å². The van der Waals surface area contributed by atoms with Gasteiger partial charge in [0.1, 0.15) is 12.7 Å². The zero-order valence-electron chi connectivity index (χ0n) is 14.0. The molecule has 0 radical (unpaired) electrons. The predicted octanol–water partition coefficient (Wildman–Crippen LogP) is 1.26. The molecule has 1 aromatic rings. The van der Waals surface area contributed by atoms with E-state index in [4.69, 9.17) is 29.2 Å². The van der Waals surface area contributed by atoms with Gasteiger partial charge in [-0.15, -0.1) is 0 Å². The number of hydrogen-bond acceptors (Lipinski definition) is 6. The molecule has 0 unspecified atom stereocenters. The number of aliphatic hydroxyl groups is 1. The van der Waals surface area contributed by atoms with Crippen molar-refractivity contribution >= 4 is 12.6 Å². The number of nitrogens with zero attached hydrogens (tertiary/aromatic N) is 1. The lowest BCUT2D eigenvalue weighted by Crippen LogP contribution is -2.41. The van der Waals surface area contributed by atoms with Crippen LogP contribution in [0.5, 0.6) is 11.5 Å². The first-order valence-corrected chi connectivity index (χ1v) is 7.54. The smallest absolute Gasteiger partial charge is 0.487 e. The van der Waals surface area contributed by atoms with Crippen LogP contribution in [0, 0.1) is 11.3 Å². The SMILES string of the molecule is CC1(C)OB(c2ccc(OCCO)c(OCC#N)c2)OC1(C)C. The quantitative estimate of drug-likeness (QED) is 0.795. The van der Waals surface area contributed by atoms with Gasteiger partial charge in [-0.1, -0.05) is 6.07 Å². The Labute approximate surface area is 137 Å². The summed E-state index contributed by atoms with van der Waals surface area (Å²) in [6.45, 7) is 7.90. The molecule has 1 aromatic carbocycles. The van der Waals surface area contributed by atoms with Gasteiger partial charge in [-0.3, -0.25) is 0 Å². The monoisotopic (exact) mass is 319 g/mol. The van der Waals surface area contributed by atoms with Gasteiger partial charge >= 0.3 is 7.12 Å². The lowest BCUT2D eigenvalue weighted by molar-refractivity contribution is 0.00578. The third kappa shape index (κ3) is 3.78. The van der Waals surface area contributed by atoms with Crippen LogP contribution in [0.15, 0.2) is 18.2 Å². The average molecular weight is 319 g/mol. The van der Waals surface area contributed by atoms with Crippen LogP contribution in [0.4, 0.5) is 0 Å². The van der Waals surface area contributed by atoms with Crippen molar-refractivity contribution in [3.8, 4) is 17.6 Å². The van der Waals surface area contributed by atoms with Crippen molar-refractivity contribution in [3.63, 3.8) is 0 Å². The first-order valence-electron chi connectivity index (χ1n) is 7.54. The molecule has 1 N–H and O–H groups in total. The van der Waals surface area contributed by atoms with E-state index < -0.39 is 18.3 Å². The van der Waals surface area contributed by atoms with Crippen LogP contribution < -0.4 is 14.9 Å². The Morgan fingerprint density at radius 2 is 1.78 bits per heavy atom. The minimum Gasteiger partial charge on any atom is -0.487 e. The Morgan fingerprint density at radius 1 is 1.13 bits per heavy atom. The van der Waals surface area contributed by atoms with Gasteiger partial charge in [0, 0.05) is 0 Å². The van der Waals surface area contributed by atoms with E-state index in [0.29, 0.717) is 11.5 Å². The van der Waals surface area contributed by atoms with Crippen LogP contribution in [0.2, 0.25) is 0 Å². The summed E-state index contributed by atoms with van der Waals surface area (Å²) in [5.74, 6) is 0.891. The van der Waals surface area contributed by atoms with E-state index in [-0.39, 0.29) is 19.8 Å². The fourth-order valence-electron chi connectivity index (χ4n) is 2.15. The summed E-state index contributed by atoms with van der Waals surface area (Å²) >= 11 is 0. The van der Waals surface area contributed by atoms with E-state index in [0.717, 1.165) is 5.46 Å². The summed E-state index contributed by atoms with van der Waals surface area (Å²) in [6, 6.07) is 7.22. The van der Waals surface area contributed by atoms with E-state index in [9.17, 15) is 0 Å². The molecular weight excluding hydrogens is 297 g/mol. The Bertz CT molecular complexity index is 581. The van der Waals surface area contributed by atoms with Gasteiger partial charge in [0.2, 0.25) is 0 Å². The fraction of sp³-hybridized carbons (Fsp3) is 0.562. The molecule has 124 valence electrons. The molecule has 2 rings (SSSR count). The zero-order chi connectivity index (χ0) is 17.1. The maximum Gasteiger partial charge on any atom is 0.494 e. The van der Waals surface area contributed by atoms with Crippen molar-refractivity contribution in [2.24, 2.45) is 0 Å². The van der Waals surface area contributed by atoms with Crippen LogP contribution in [-0.2, 0) is 9.31 Å². The normalized spacial score (nSPS) is 18.5. The minimum absolute atomic E-state index is 0.0949. The van der Waals surface area contributed by atoms with Gasteiger partial charge in [-0.2, -0.15) is 5.26 Å². The maximum atomic E-state index is 8.88. The highest BCUT2D eigenvalue weighted by molar-refractivity contribution is 6.62. The Balaban J connectivity index is 2.25. The molecule has 1 aliphatic heterocycles. The number of aliphatic hydroxyl groups excluding tert-OH is 1. The van der Waals surface area contributed by atoms with E-state index in [2.05, 4.69) is 0 Å². The van der Waals surface area contributed by atoms with Crippen LogP contribution in [-0.4, -0.2) is 43.2 Å². The summed E-state index contributed by atoms with van der Waals surface area (Å²) in [6.07, 6.45) is 0. The second kappa shape index (κ2) is 6.79. The van der Waals surface area contributed by atoms with Gasteiger partial charge in [0.25, 0.3) is 0 Å². The number of nitriles is 1. The number of benzene rings is 1.